The molecule has 24 heavy (non-hydrogen) atoms. The number of hydrogen-bond acceptors (Lipinski definition) is 3. The number of aliphatic hydroxyl groups excluding tert-OH is 1. The van der Waals surface area contributed by atoms with Crippen LogP contribution in [-0.4, -0.2) is 27.2 Å². The summed E-state index contributed by atoms with van der Waals surface area (Å²) < 4.78 is 29.5. The third-order valence-corrected chi connectivity index (χ3v) is 4.83. The first-order valence-corrected chi connectivity index (χ1v) is 7.83. The van der Waals surface area contributed by atoms with Crippen LogP contribution in [0, 0.1) is 29.9 Å². The molecule has 0 saturated carbocycles. The summed E-state index contributed by atoms with van der Waals surface area (Å²) in [4.78, 5) is 1.94. The van der Waals surface area contributed by atoms with Gasteiger partial charge in [-0.05, 0) is 43.2 Å². The number of nitrogens with zero attached hydrogens (tertiary/aromatic N) is 3. The molecule has 4 nitrogen and oxygen atoms in total. The van der Waals surface area contributed by atoms with Crippen molar-refractivity contribution in [1.29, 1.82) is 5.26 Å². The molecule has 1 N–H and O–H groups in total. The van der Waals surface area contributed by atoms with Gasteiger partial charge in [0.25, 0.3) is 0 Å². The van der Waals surface area contributed by atoms with Crippen LogP contribution in [0.2, 0.25) is 0 Å². The van der Waals surface area contributed by atoms with E-state index < -0.39 is 17.7 Å². The van der Waals surface area contributed by atoms with Gasteiger partial charge in [0.1, 0.15) is 23.4 Å². The molecule has 1 aromatic carbocycles. The predicted octanol–water partition coefficient (Wildman–Crippen LogP) is 2.79. The maximum Gasteiger partial charge on any atom is 0.128 e. The summed E-state index contributed by atoms with van der Waals surface area (Å²) in [5.41, 5.74) is 2.72. The maximum absolute atomic E-state index is 14.1. The highest BCUT2D eigenvalue weighted by Crippen LogP contribution is 2.35. The fourth-order valence-electron chi connectivity index (χ4n) is 3.40. The molecular weight excluding hydrogens is 312 g/mol. The van der Waals surface area contributed by atoms with Gasteiger partial charge in [0.15, 0.2) is 0 Å². The van der Waals surface area contributed by atoms with Crippen molar-refractivity contribution in [3.8, 4) is 6.07 Å². The summed E-state index contributed by atoms with van der Waals surface area (Å²) in [6, 6.07) is 6.96. The summed E-state index contributed by atoms with van der Waals surface area (Å²) in [6.07, 6.45) is -0.228. The molecule has 0 bridgehead atoms. The largest absolute Gasteiger partial charge is 0.392 e. The molecule has 1 aliphatic heterocycles. The smallest absolute Gasteiger partial charge is 0.128 e. The zero-order chi connectivity index (χ0) is 17.4. The van der Waals surface area contributed by atoms with Crippen LogP contribution in [0.4, 0.5) is 8.78 Å². The first-order chi connectivity index (χ1) is 11.4. The van der Waals surface area contributed by atoms with Gasteiger partial charge in [-0.3, -0.25) is 4.90 Å². The minimum absolute atomic E-state index is 0.264. The molecule has 2 heterocycles. The molecule has 1 aliphatic rings. The zero-order valence-corrected chi connectivity index (χ0v) is 13.6. The number of halogens is 2. The van der Waals surface area contributed by atoms with Crippen LogP contribution >= 0.6 is 0 Å². The third kappa shape index (κ3) is 2.93. The average Bonchev–Trinajstić information content (AvgIpc) is 3.04. The minimum Gasteiger partial charge on any atom is -0.392 e. The lowest BCUT2D eigenvalue weighted by atomic mass is 10.0. The molecule has 0 radical (unpaired) electrons. The molecular formula is C18H19F2N3O. The van der Waals surface area contributed by atoms with Gasteiger partial charge in [-0.2, -0.15) is 5.26 Å². The quantitative estimate of drug-likeness (QED) is 0.941. The van der Waals surface area contributed by atoms with Crippen LogP contribution in [0.15, 0.2) is 24.3 Å². The van der Waals surface area contributed by atoms with Crippen molar-refractivity contribution < 1.29 is 13.9 Å². The van der Waals surface area contributed by atoms with E-state index in [0.717, 1.165) is 23.4 Å². The summed E-state index contributed by atoms with van der Waals surface area (Å²) >= 11 is 0. The van der Waals surface area contributed by atoms with Crippen LogP contribution in [0.25, 0.3) is 0 Å². The van der Waals surface area contributed by atoms with Gasteiger partial charge < -0.3 is 9.67 Å². The van der Waals surface area contributed by atoms with E-state index in [1.807, 2.05) is 18.9 Å². The third-order valence-electron chi connectivity index (χ3n) is 4.83. The second kappa shape index (κ2) is 6.34. The van der Waals surface area contributed by atoms with Gasteiger partial charge in [0.05, 0.1) is 6.10 Å². The molecule has 0 spiro atoms. The van der Waals surface area contributed by atoms with E-state index in [1.165, 1.54) is 6.07 Å². The number of aromatic nitrogens is 1. The van der Waals surface area contributed by atoms with Gasteiger partial charge in [-0.25, -0.2) is 8.78 Å². The van der Waals surface area contributed by atoms with Crippen molar-refractivity contribution in [2.45, 2.75) is 32.0 Å². The van der Waals surface area contributed by atoms with Crippen LogP contribution in [0.1, 0.15) is 35.0 Å². The van der Waals surface area contributed by atoms with Crippen LogP contribution < -0.4 is 0 Å². The Morgan fingerprint density at radius 2 is 2.08 bits per heavy atom. The lowest BCUT2D eigenvalue weighted by Crippen LogP contribution is -2.25. The second-order valence-electron chi connectivity index (χ2n) is 6.31. The Morgan fingerprint density at radius 3 is 2.75 bits per heavy atom. The first-order valence-electron chi connectivity index (χ1n) is 7.83. The van der Waals surface area contributed by atoms with E-state index in [9.17, 15) is 13.9 Å². The lowest BCUT2D eigenvalue weighted by Gasteiger charge is -2.25. The Kier molecular flexibility index (Phi) is 4.39. The number of aliphatic hydroxyl groups is 1. The Bertz CT molecular complexity index is 809. The van der Waals surface area contributed by atoms with E-state index in [0.29, 0.717) is 25.2 Å². The zero-order valence-electron chi connectivity index (χ0n) is 13.6. The molecule has 1 saturated heterocycles. The molecule has 2 atom stereocenters. The van der Waals surface area contributed by atoms with Gasteiger partial charge >= 0.3 is 0 Å². The van der Waals surface area contributed by atoms with Gasteiger partial charge in [0.2, 0.25) is 0 Å². The van der Waals surface area contributed by atoms with Gasteiger partial charge in [-0.1, -0.05) is 0 Å². The van der Waals surface area contributed by atoms with E-state index in [2.05, 4.69) is 6.07 Å². The maximum atomic E-state index is 14.1. The molecule has 2 aromatic rings. The average molecular weight is 331 g/mol. The number of likely N-dealkylation sites (tertiary alicyclic amines) is 1. The summed E-state index contributed by atoms with van der Waals surface area (Å²) in [7, 11) is 1.82. The highest BCUT2D eigenvalue weighted by molar-refractivity contribution is 5.34. The highest BCUT2D eigenvalue weighted by Gasteiger charge is 2.34. The minimum atomic E-state index is -0.586. The van der Waals surface area contributed by atoms with Gasteiger partial charge in [0, 0.05) is 37.4 Å². The van der Waals surface area contributed by atoms with E-state index >= 15 is 0 Å². The molecule has 3 rings (SSSR count). The van der Waals surface area contributed by atoms with Crippen molar-refractivity contribution >= 4 is 0 Å². The van der Waals surface area contributed by atoms with Crippen molar-refractivity contribution in [2.24, 2.45) is 7.05 Å². The molecule has 1 aromatic heterocycles. The molecule has 126 valence electrons. The van der Waals surface area contributed by atoms with Crippen LogP contribution in [0.3, 0.4) is 0 Å². The summed E-state index contributed by atoms with van der Waals surface area (Å²) in [6.45, 7) is 2.77. The van der Waals surface area contributed by atoms with E-state index in [1.54, 1.807) is 10.6 Å². The Labute approximate surface area is 139 Å². The van der Waals surface area contributed by atoms with Crippen molar-refractivity contribution in [2.75, 3.05) is 6.54 Å². The Morgan fingerprint density at radius 1 is 1.33 bits per heavy atom. The van der Waals surface area contributed by atoms with Crippen molar-refractivity contribution in [3.63, 3.8) is 0 Å². The molecule has 2 unspecified atom stereocenters. The summed E-state index contributed by atoms with van der Waals surface area (Å²) in [5, 5.41) is 19.2. The van der Waals surface area contributed by atoms with Crippen molar-refractivity contribution in [3.05, 3.63) is 58.4 Å². The fraction of sp³-hybridized carbons (Fsp3) is 0.389. The van der Waals surface area contributed by atoms with Gasteiger partial charge in [-0.15, -0.1) is 0 Å². The van der Waals surface area contributed by atoms with Crippen molar-refractivity contribution in [1.82, 2.24) is 9.47 Å². The Balaban J connectivity index is 1.92. The standard InChI is InChI=1S/C18H19F2N3O/c1-11-12(5-14(8-21)22(11)2)9-23-10-15(24)7-18(23)16-6-13(19)3-4-17(16)20/h3-6,15,18,24H,7,9-10H2,1-2H3. The summed E-state index contributed by atoms with van der Waals surface area (Å²) in [5.74, 6) is -0.960. The number of rotatable bonds is 3. The molecule has 6 heteroatoms. The normalized spacial score (nSPS) is 21.2. The molecule has 0 aliphatic carbocycles. The second-order valence-corrected chi connectivity index (χ2v) is 6.31. The lowest BCUT2D eigenvalue weighted by molar-refractivity contribution is 0.172. The first kappa shape index (κ1) is 16.6. The number of benzene rings is 1. The SMILES string of the molecule is Cc1c(CN2CC(O)CC2c2cc(F)ccc2F)cc(C#N)n1C. The fourth-order valence-corrected chi connectivity index (χ4v) is 3.40. The monoisotopic (exact) mass is 331 g/mol. The highest BCUT2D eigenvalue weighted by atomic mass is 19.1. The molecule has 1 fully saturated rings. The van der Waals surface area contributed by atoms with E-state index in [-0.39, 0.29) is 11.6 Å². The van der Waals surface area contributed by atoms with Crippen LogP contribution in [0.5, 0.6) is 0 Å². The number of hydrogen-bond donors (Lipinski definition) is 1. The number of β-amino-alcohol motifs (C(OH)–C–C–N with tert-alkyl or cyclic N) is 1. The Hall–Kier alpha value is -2.23. The van der Waals surface area contributed by atoms with E-state index in [4.69, 9.17) is 5.26 Å². The molecule has 0 amide bonds. The van der Waals surface area contributed by atoms with Crippen LogP contribution in [-0.2, 0) is 13.6 Å². The topological polar surface area (TPSA) is 52.2 Å². The number of nitriles is 1. The predicted molar refractivity (Wildman–Crippen MR) is 85.0 cm³/mol.